The van der Waals surface area contributed by atoms with Gasteiger partial charge in [0.05, 0.1) is 17.7 Å². The first-order valence-electron chi connectivity index (χ1n) is 9.90. The van der Waals surface area contributed by atoms with Crippen LogP contribution in [0.4, 0.5) is 5.69 Å². The molecule has 1 aliphatic heterocycles. The average molecular weight is 388 g/mol. The summed E-state index contributed by atoms with van der Waals surface area (Å²) in [5, 5.41) is 7.75. The van der Waals surface area contributed by atoms with E-state index < -0.39 is 0 Å². The molecule has 0 fully saturated rings. The first-order valence-corrected chi connectivity index (χ1v) is 9.90. The van der Waals surface area contributed by atoms with Gasteiger partial charge in [0, 0.05) is 30.7 Å². The van der Waals surface area contributed by atoms with Crippen LogP contribution in [0.15, 0.2) is 67.0 Å². The standard InChI is InChI=1S/C23H24N4O2/c1-17(25-19-9-4-8-18(15-19)16-26-13-6-12-24-26)7-5-14-27-22(28)20-10-2-3-11-21(20)23(27)29/h2-4,6,8-13,15,17,25H,5,7,14,16H2,1H3/t17-/m0/s1. The van der Waals surface area contributed by atoms with Crippen molar-refractivity contribution in [3.8, 4) is 0 Å². The van der Waals surface area contributed by atoms with E-state index in [2.05, 4.69) is 29.5 Å². The molecule has 0 bridgehead atoms. The lowest BCUT2D eigenvalue weighted by molar-refractivity contribution is 0.0651. The molecule has 0 unspecified atom stereocenters. The van der Waals surface area contributed by atoms with E-state index in [4.69, 9.17) is 0 Å². The van der Waals surface area contributed by atoms with Crippen molar-refractivity contribution >= 4 is 17.5 Å². The minimum absolute atomic E-state index is 0.183. The van der Waals surface area contributed by atoms with Crippen LogP contribution in [0.3, 0.4) is 0 Å². The van der Waals surface area contributed by atoms with E-state index >= 15 is 0 Å². The summed E-state index contributed by atoms with van der Waals surface area (Å²) in [6.45, 7) is 3.29. The second-order valence-electron chi connectivity index (χ2n) is 7.40. The van der Waals surface area contributed by atoms with Gasteiger partial charge in [0.15, 0.2) is 0 Å². The molecule has 4 rings (SSSR count). The monoisotopic (exact) mass is 388 g/mol. The van der Waals surface area contributed by atoms with Crippen molar-refractivity contribution in [2.75, 3.05) is 11.9 Å². The van der Waals surface area contributed by atoms with Crippen LogP contribution in [-0.4, -0.2) is 39.1 Å². The molecule has 1 N–H and O–H groups in total. The SMILES string of the molecule is C[C@@H](CCCN1C(=O)c2ccccc2C1=O)Nc1cccc(Cn2cccn2)c1. The molecule has 2 amide bonds. The second kappa shape index (κ2) is 8.31. The fraction of sp³-hybridized carbons (Fsp3) is 0.261. The topological polar surface area (TPSA) is 67.2 Å². The molecular weight excluding hydrogens is 364 g/mol. The van der Waals surface area contributed by atoms with E-state index in [1.165, 1.54) is 10.5 Å². The van der Waals surface area contributed by atoms with Crippen LogP contribution >= 0.6 is 0 Å². The predicted octanol–water partition coefficient (Wildman–Crippen LogP) is 3.81. The van der Waals surface area contributed by atoms with Crippen LogP contribution in [0.25, 0.3) is 0 Å². The molecule has 6 nitrogen and oxygen atoms in total. The number of carbonyl (C=O) groups excluding carboxylic acids is 2. The zero-order valence-electron chi connectivity index (χ0n) is 16.4. The van der Waals surface area contributed by atoms with Crippen molar-refractivity contribution < 1.29 is 9.59 Å². The normalized spacial score (nSPS) is 14.2. The van der Waals surface area contributed by atoms with E-state index in [0.717, 1.165) is 25.1 Å². The number of amides is 2. The maximum absolute atomic E-state index is 12.4. The summed E-state index contributed by atoms with van der Waals surface area (Å²) in [6, 6.07) is 17.5. The third-order valence-corrected chi connectivity index (χ3v) is 5.14. The van der Waals surface area contributed by atoms with Gasteiger partial charge < -0.3 is 5.32 Å². The molecule has 1 aliphatic rings. The van der Waals surface area contributed by atoms with Crippen LogP contribution in [-0.2, 0) is 6.54 Å². The summed E-state index contributed by atoms with van der Waals surface area (Å²) in [6.07, 6.45) is 5.34. The van der Waals surface area contributed by atoms with Gasteiger partial charge in [0.1, 0.15) is 0 Å². The van der Waals surface area contributed by atoms with Gasteiger partial charge in [-0.05, 0) is 55.7 Å². The maximum atomic E-state index is 12.4. The van der Waals surface area contributed by atoms with Gasteiger partial charge in [-0.2, -0.15) is 5.10 Å². The molecular formula is C23H24N4O2. The number of rotatable bonds is 8. The van der Waals surface area contributed by atoms with Crippen molar-refractivity contribution in [1.29, 1.82) is 0 Å². The molecule has 6 heteroatoms. The Balaban J connectivity index is 1.28. The highest BCUT2D eigenvalue weighted by atomic mass is 16.2. The molecule has 1 atom stereocenters. The Morgan fingerprint density at radius 3 is 2.45 bits per heavy atom. The number of fused-ring (bicyclic) bond motifs is 1. The lowest BCUT2D eigenvalue weighted by atomic mass is 10.1. The zero-order valence-corrected chi connectivity index (χ0v) is 16.4. The highest BCUT2D eigenvalue weighted by Crippen LogP contribution is 2.23. The predicted molar refractivity (Wildman–Crippen MR) is 112 cm³/mol. The molecule has 0 saturated carbocycles. The highest BCUT2D eigenvalue weighted by molar-refractivity contribution is 6.21. The fourth-order valence-corrected chi connectivity index (χ4v) is 3.69. The van der Waals surface area contributed by atoms with Gasteiger partial charge in [-0.1, -0.05) is 24.3 Å². The van der Waals surface area contributed by atoms with E-state index in [0.29, 0.717) is 17.7 Å². The van der Waals surface area contributed by atoms with Gasteiger partial charge in [-0.25, -0.2) is 0 Å². The Kier molecular flexibility index (Phi) is 5.42. The molecule has 29 heavy (non-hydrogen) atoms. The van der Waals surface area contributed by atoms with E-state index in [1.54, 1.807) is 30.5 Å². The Hall–Kier alpha value is -3.41. The number of nitrogens with one attached hydrogen (secondary N) is 1. The summed E-state index contributed by atoms with van der Waals surface area (Å²) >= 11 is 0. The third kappa shape index (κ3) is 4.21. The van der Waals surface area contributed by atoms with Crippen LogP contribution in [0, 0.1) is 0 Å². The Labute approximate surface area is 170 Å². The quantitative estimate of drug-likeness (QED) is 0.596. The molecule has 0 radical (unpaired) electrons. The minimum atomic E-state index is -0.183. The van der Waals surface area contributed by atoms with Crippen LogP contribution in [0.5, 0.6) is 0 Å². The first kappa shape index (κ1) is 18.9. The molecule has 148 valence electrons. The first-order chi connectivity index (χ1) is 14.1. The highest BCUT2D eigenvalue weighted by Gasteiger charge is 2.34. The lowest BCUT2D eigenvalue weighted by Gasteiger charge is -2.18. The van der Waals surface area contributed by atoms with Crippen LogP contribution in [0.1, 0.15) is 46.0 Å². The van der Waals surface area contributed by atoms with Crippen molar-refractivity contribution in [2.24, 2.45) is 0 Å². The molecule has 1 aromatic heterocycles. The number of benzene rings is 2. The Morgan fingerprint density at radius 2 is 1.76 bits per heavy atom. The number of anilines is 1. The molecule has 2 aromatic carbocycles. The average Bonchev–Trinajstić information content (AvgIpc) is 3.31. The van der Waals surface area contributed by atoms with Crippen LogP contribution < -0.4 is 5.32 Å². The van der Waals surface area contributed by atoms with Gasteiger partial charge in [-0.15, -0.1) is 0 Å². The number of carbonyl (C=O) groups is 2. The number of aromatic nitrogens is 2. The molecule has 0 saturated heterocycles. The summed E-state index contributed by atoms with van der Waals surface area (Å²) in [7, 11) is 0. The van der Waals surface area contributed by atoms with E-state index in [-0.39, 0.29) is 17.9 Å². The summed E-state index contributed by atoms with van der Waals surface area (Å²) in [5.74, 6) is -0.366. The van der Waals surface area contributed by atoms with Gasteiger partial charge in [0.2, 0.25) is 0 Å². The van der Waals surface area contributed by atoms with Crippen molar-refractivity contribution in [1.82, 2.24) is 14.7 Å². The molecule has 3 aromatic rings. The Bertz CT molecular complexity index is 978. The number of nitrogens with zero attached hydrogens (tertiary/aromatic N) is 3. The smallest absolute Gasteiger partial charge is 0.261 e. The second-order valence-corrected chi connectivity index (χ2v) is 7.40. The van der Waals surface area contributed by atoms with E-state index in [1.807, 2.05) is 29.1 Å². The molecule has 0 spiro atoms. The number of hydrogen-bond acceptors (Lipinski definition) is 4. The Morgan fingerprint density at radius 1 is 1.00 bits per heavy atom. The number of imide groups is 1. The summed E-state index contributed by atoms with van der Waals surface area (Å²) in [4.78, 5) is 26.2. The fourth-order valence-electron chi connectivity index (χ4n) is 3.69. The maximum Gasteiger partial charge on any atom is 0.261 e. The zero-order chi connectivity index (χ0) is 20.2. The van der Waals surface area contributed by atoms with Gasteiger partial charge in [0.25, 0.3) is 11.8 Å². The molecule has 2 heterocycles. The van der Waals surface area contributed by atoms with E-state index in [9.17, 15) is 9.59 Å². The summed E-state index contributed by atoms with van der Waals surface area (Å²) in [5.41, 5.74) is 3.26. The number of hydrogen-bond donors (Lipinski definition) is 1. The van der Waals surface area contributed by atoms with Gasteiger partial charge >= 0.3 is 0 Å². The van der Waals surface area contributed by atoms with Crippen molar-refractivity contribution in [3.63, 3.8) is 0 Å². The van der Waals surface area contributed by atoms with Crippen molar-refractivity contribution in [3.05, 3.63) is 83.7 Å². The minimum Gasteiger partial charge on any atom is -0.383 e. The summed E-state index contributed by atoms with van der Waals surface area (Å²) < 4.78 is 1.89. The largest absolute Gasteiger partial charge is 0.383 e. The third-order valence-electron chi connectivity index (χ3n) is 5.14. The molecule has 0 aliphatic carbocycles. The van der Waals surface area contributed by atoms with Crippen molar-refractivity contribution in [2.45, 2.75) is 32.4 Å². The lowest BCUT2D eigenvalue weighted by Crippen LogP contribution is -2.31. The van der Waals surface area contributed by atoms with Crippen LogP contribution in [0.2, 0.25) is 0 Å². The van der Waals surface area contributed by atoms with Gasteiger partial charge in [-0.3, -0.25) is 19.2 Å².